The van der Waals surface area contributed by atoms with Gasteiger partial charge in [0.25, 0.3) is 0 Å². The summed E-state index contributed by atoms with van der Waals surface area (Å²) < 4.78 is 75.2. The molecule has 1 fully saturated rings. The smallest absolute Gasteiger partial charge is 0.227 e. The van der Waals surface area contributed by atoms with Gasteiger partial charge in [0.05, 0.1) is 41.6 Å². The zero-order chi connectivity index (χ0) is 30.0. The molecule has 5 rings (SSSR count). The third-order valence-corrected chi connectivity index (χ3v) is 5.68. The van der Waals surface area contributed by atoms with Crippen molar-refractivity contribution in [1.29, 1.82) is 0 Å². The van der Waals surface area contributed by atoms with Crippen molar-refractivity contribution in [3.63, 3.8) is 0 Å². The number of ether oxygens (including phenoxy) is 3. The van der Waals surface area contributed by atoms with Crippen molar-refractivity contribution >= 4 is 11.6 Å². The lowest BCUT2D eigenvalue weighted by Gasteiger charge is -2.17. The Morgan fingerprint density at radius 1 is 1.06 bits per heavy atom. The van der Waals surface area contributed by atoms with Crippen LogP contribution in [0.2, 0.25) is 0 Å². The van der Waals surface area contributed by atoms with E-state index in [0.29, 0.717) is 35.7 Å². The molecule has 2 aliphatic rings. The van der Waals surface area contributed by atoms with Gasteiger partial charge in [0.2, 0.25) is 5.95 Å². The molecule has 0 radical (unpaired) electrons. The summed E-state index contributed by atoms with van der Waals surface area (Å²) in [5.41, 5.74) is 2.04. The molecule has 6 bridgehead atoms. The van der Waals surface area contributed by atoms with E-state index in [2.05, 4.69) is 20.2 Å². The second-order valence-corrected chi connectivity index (χ2v) is 8.20. The molecule has 3 heterocycles. The number of hydrogen-bond acceptors (Lipinski definition) is 7. The summed E-state index contributed by atoms with van der Waals surface area (Å²) in [5, 5.41) is 3.02. The molecule has 2 aromatic carbocycles. The maximum atomic E-state index is 8.69. The van der Waals surface area contributed by atoms with E-state index >= 15 is 0 Å². The Hall–Kier alpha value is -3.26. The summed E-state index contributed by atoms with van der Waals surface area (Å²) in [6.45, 7) is -5.00. The molecule has 7 nitrogen and oxygen atoms in total. The van der Waals surface area contributed by atoms with Crippen molar-refractivity contribution in [1.82, 2.24) is 14.9 Å². The van der Waals surface area contributed by atoms with Crippen LogP contribution in [-0.4, -0.2) is 54.2 Å². The molecule has 0 unspecified atom stereocenters. The number of likely N-dealkylation sites (tertiary alicyclic amines) is 1. The number of hydrogen-bond donors (Lipinski definition) is 1. The van der Waals surface area contributed by atoms with Crippen LogP contribution >= 0.6 is 0 Å². The van der Waals surface area contributed by atoms with E-state index in [0.717, 1.165) is 38.1 Å². The van der Waals surface area contributed by atoms with Gasteiger partial charge in [0.1, 0.15) is 12.4 Å². The number of nitrogens with one attached hydrogen (secondary N) is 1. The van der Waals surface area contributed by atoms with Crippen LogP contribution in [0.1, 0.15) is 33.6 Å². The highest BCUT2D eigenvalue weighted by Crippen LogP contribution is 2.26. The normalized spacial score (nSPS) is 25.0. The summed E-state index contributed by atoms with van der Waals surface area (Å²) in [6, 6.07) is 13.2. The van der Waals surface area contributed by atoms with Gasteiger partial charge in [-0.15, -0.1) is 0 Å². The summed E-state index contributed by atoms with van der Waals surface area (Å²) in [7, 11) is 0. The van der Waals surface area contributed by atoms with Crippen molar-refractivity contribution < 1.29 is 23.8 Å². The molecular formula is C28H32N4O3. The van der Waals surface area contributed by atoms with E-state index in [1.807, 2.05) is 0 Å². The van der Waals surface area contributed by atoms with Gasteiger partial charge in [-0.25, -0.2) is 9.97 Å². The number of anilines is 2. The largest absolute Gasteiger partial charge is 0.492 e. The first-order valence-corrected chi connectivity index (χ1v) is 11.6. The molecule has 7 heteroatoms. The molecule has 0 atom stereocenters. The van der Waals surface area contributed by atoms with Gasteiger partial charge in [-0.05, 0) is 61.8 Å². The molecule has 182 valence electrons. The highest BCUT2D eigenvalue weighted by molar-refractivity contribution is 5.63. The van der Waals surface area contributed by atoms with Crippen LogP contribution < -0.4 is 10.1 Å². The maximum Gasteiger partial charge on any atom is 0.227 e. The van der Waals surface area contributed by atoms with E-state index in [4.69, 9.17) is 23.8 Å². The monoisotopic (exact) mass is 479 g/mol. The second kappa shape index (κ2) is 11.9. The highest BCUT2D eigenvalue weighted by Gasteiger charge is 2.13. The van der Waals surface area contributed by atoms with Crippen LogP contribution in [0.5, 0.6) is 5.75 Å². The van der Waals surface area contributed by atoms with Gasteiger partial charge in [-0.3, -0.25) is 4.90 Å². The molecule has 2 aliphatic heterocycles. The first-order chi connectivity index (χ1) is 19.9. The summed E-state index contributed by atoms with van der Waals surface area (Å²) in [5.74, 6) is 0.273. The minimum atomic E-state index is -2.71. The van der Waals surface area contributed by atoms with Gasteiger partial charge < -0.3 is 19.5 Å². The Morgan fingerprint density at radius 2 is 1.94 bits per heavy atom. The number of benzene rings is 2. The number of rotatable bonds is 4. The zero-order valence-electron chi connectivity index (χ0n) is 26.3. The predicted octanol–water partition coefficient (Wildman–Crippen LogP) is 4.96. The third kappa shape index (κ3) is 6.66. The SMILES string of the molecule is [2H]c1cc2nc(n1)Nc1ccc(OCCN3CCCC3)c(c1)C([2H])([2H])OC([2H])([2H])/C=C/C([2H])([2H])OCc1cccc-2c1. The second-order valence-electron chi connectivity index (χ2n) is 8.20. The topological polar surface area (TPSA) is 68.7 Å². The molecule has 3 aromatic rings. The third-order valence-electron chi connectivity index (χ3n) is 5.68. The highest BCUT2D eigenvalue weighted by atomic mass is 16.5. The standard InChI is InChI=1S/C28H32N4O3/c1-2-13-32(12-1)14-17-35-27-9-8-25-19-24(27)21-34-16-4-3-15-33-20-22-6-5-7-23(18-22)26-10-11-29-28(30-25)31-26/h3-11,18-19H,1-2,12-17,20-21H2,(H,29,30,31)/b4-3+/i11D,15D2,16D2,21D2. The molecule has 35 heavy (non-hydrogen) atoms. The summed E-state index contributed by atoms with van der Waals surface area (Å²) in [4.78, 5) is 11.0. The predicted molar refractivity (Wildman–Crippen MR) is 137 cm³/mol. The van der Waals surface area contributed by atoms with E-state index in [1.54, 1.807) is 36.4 Å². The Kier molecular flexibility index (Phi) is 5.60. The molecule has 0 saturated carbocycles. The Morgan fingerprint density at radius 3 is 2.86 bits per heavy atom. The number of aromatic nitrogens is 2. The Balaban J connectivity index is 1.54. The molecule has 0 aliphatic carbocycles. The van der Waals surface area contributed by atoms with Crippen LogP contribution in [0.3, 0.4) is 0 Å². The van der Waals surface area contributed by atoms with Gasteiger partial charge >= 0.3 is 0 Å². The minimum absolute atomic E-state index is 0.0472. The van der Waals surface area contributed by atoms with Crippen molar-refractivity contribution in [2.75, 3.05) is 44.7 Å². The van der Waals surface area contributed by atoms with Crippen LogP contribution in [0, 0.1) is 0 Å². The first-order valence-electron chi connectivity index (χ1n) is 15.1. The number of nitrogens with zero attached hydrogens (tertiary/aromatic N) is 3. The van der Waals surface area contributed by atoms with E-state index in [9.17, 15) is 0 Å². The fraction of sp³-hybridized carbons (Fsp3) is 0.357. The molecule has 0 amide bonds. The van der Waals surface area contributed by atoms with Crippen LogP contribution in [-0.2, 0) is 22.6 Å². The lowest BCUT2D eigenvalue weighted by molar-refractivity contribution is 0.138. The Bertz CT molecular complexity index is 1450. The Labute approximate surface area is 216 Å². The van der Waals surface area contributed by atoms with Crippen LogP contribution in [0.25, 0.3) is 11.3 Å². The molecule has 1 N–H and O–H groups in total. The van der Waals surface area contributed by atoms with Crippen molar-refractivity contribution in [2.24, 2.45) is 0 Å². The summed E-state index contributed by atoms with van der Waals surface area (Å²) in [6.07, 6.45) is 3.87. The first kappa shape index (κ1) is 16.4. The van der Waals surface area contributed by atoms with E-state index in [1.165, 1.54) is 12.1 Å². The average molecular weight is 480 g/mol. The van der Waals surface area contributed by atoms with Gasteiger partial charge in [-0.2, -0.15) is 0 Å². The van der Waals surface area contributed by atoms with Gasteiger partial charge in [0.15, 0.2) is 0 Å². The van der Waals surface area contributed by atoms with Crippen molar-refractivity contribution in [2.45, 2.75) is 26.0 Å². The lowest BCUT2D eigenvalue weighted by atomic mass is 10.1. The fourth-order valence-electron chi connectivity index (χ4n) is 3.94. The summed E-state index contributed by atoms with van der Waals surface area (Å²) >= 11 is 0. The molecule has 0 spiro atoms. The van der Waals surface area contributed by atoms with Crippen molar-refractivity contribution in [3.8, 4) is 17.0 Å². The van der Waals surface area contributed by atoms with Crippen LogP contribution in [0.4, 0.5) is 11.6 Å². The minimum Gasteiger partial charge on any atom is -0.492 e. The van der Waals surface area contributed by atoms with Gasteiger partial charge in [-0.1, -0.05) is 30.4 Å². The molecule has 1 aromatic heterocycles. The van der Waals surface area contributed by atoms with E-state index in [-0.39, 0.29) is 30.0 Å². The zero-order valence-corrected chi connectivity index (χ0v) is 19.3. The quantitative estimate of drug-likeness (QED) is 0.530. The lowest BCUT2D eigenvalue weighted by Crippen LogP contribution is -2.25. The molecular weight excluding hydrogens is 440 g/mol. The fourth-order valence-corrected chi connectivity index (χ4v) is 3.94. The maximum absolute atomic E-state index is 8.69. The van der Waals surface area contributed by atoms with Crippen LogP contribution in [0.15, 0.2) is 66.9 Å². The average Bonchev–Trinajstić information content (AvgIpc) is 3.44. The van der Waals surface area contributed by atoms with E-state index < -0.39 is 19.7 Å². The van der Waals surface area contributed by atoms with Crippen molar-refractivity contribution in [3.05, 3.63) is 78.0 Å². The molecule has 1 saturated heterocycles. The number of fused-ring (bicyclic) bond motifs is 7. The van der Waals surface area contributed by atoms with Gasteiger partial charge in [0, 0.05) is 29.5 Å².